The number of carbonyl (C=O) groups excluding carboxylic acids is 1. The molecule has 0 spiro atoms. The Labute approximate surface area is 127 Å². The Morgan fingerprint density at radius 2 is 2.00 bits per heavy atom. The predicted molar refractivity (Wildman–Crippen MR) is 81.1 cm³/mol. The van der Waals surface area contributed by atoms with E-state index in [0.717, 1.165) is 10.9 Å². The lowest BCUT2D eigenvalue weighted by atomic mass is 10.2. The number of hydrogen-bond donors (Lipinski definition) is 1. The summed E-state index contributed by atoms with van der Waals surface area (Å²) in [6.45, 7) is 0. The van der Waals surface area contributed by atoms with E-state index < -0.39 is 5.82 Å². The van der Waals surface area contributed by atoms with E-state index in [1.54, 1.807) is 0 Å². The van der Waals surface area contributed by atoms with Crippen molar-refractivity contribution in [2.24, 2.45) is 0 Å². The Kier molecular flexibility index (Phi) is 4.71. The van der Waals surface area contributed by atoms with Crippen molar-refractivity contribution in [1.29, 1.82) is 0 Å². The summed E-state index contributed by atoms with van der Waals surface area (Å²) in [5.74, 6) is -0.662. The average molecular weight is 387 g/mol. The molecule has 0 heterocycles. The van der Waals surface area contributed by atoms with Crippen LogP contribution in [0.25, 0.3) is 0 Å². The molecule has 0 atom stereocenters. The molecule has 0 saturated heterocycles. The van der Waals surface area contributed by atoms with Crippen molar-refractivity contribution in [3.8, 4) is 0 Å². The van der Waals surface area contributed by atoms with Crippen molar-refractivity contribution in [3.05, 3.63) is 63.9 Å². The fraction of sp³-hybridized carbons (Fsp3) is 0.0714. The summed E-state index contributed by atoms with van der Waals surface area (Å²) >= 11 is 6.42. The number of carbonyl (C=O) groups is 1. The zero-order valence-electron chi connectivity index (χ0n) is 9.79. The van der Waals surface area contributed by atoms with E-state index in [-0.39, 0.29) is 10.4 Å². The molecule has 0 aliphatic heterocycles. The van der Waals surface area contributed by atoms with Crippen molar-refractivity contribution in [1.82, 2.24) is 0 Å². The summed E-state index contributed by atoms with van der Waals surface area (Å²) in [7, 11) is 0. The van der Waals surface area contributed by atoms with Crippen molar-refractivity contribution in [2.45, 2.75) is 5.33 Å². The van der Waals surface area contributed by atoms with Crippen LogP contribution in [0.15, 0.2) is 46.9 Å². The van der Waals surface area contributed by atoms with Crippen molar-refractivity contribution in [2.75, 3.05) is 5.32 Å². The molecule has 2 aromatic rings. The minimum atomic E-state index is -0.391. The first-order chi connectivity index (χ1) is 9.10. The van der Waals surface area contributed by atoms with Gasteiger partial charge < -0.3 is 5.32 Å². The molecule has 98 valence electrons. The average Bonchev–Trinajstić information content (AvgIpc) is 2.42. The SMILES string of the molecule is O=C(Nc1cccc(CBr)c1)c1ccc(F)c(Br)c1. The van der Waals surface area contributed by atoms with E-state index in [2.05, 4.69) is 37.2 Å². The lowest BCUT2D eigenvalue weighted by Gasteiger charge is -2.07. The molecule has 1 amide bonds. The fourth-order valence-corrected chi connectivity index (χ4v) is 2.30. The van der Waals surface area contributed by atoms with Crippen molar-refractivity contribution >= 4 is 43.5 Å². The first kappa shape index (κ1) is 14.2. The smallest absolute Gasteiger partial charge is 0.255 e. The summed E-state index contributed by atoms with van der Waals surface area (Å²) in [6.07, 6.45) is 0. The Hall–Kier alpha value is -1.20. The molecule has 2 nitrogen and oxygen atoms in total. The van der Waals surface area contributed by atoms with Gasteiger partial charge in [0, 0.05) is 16.6 Å². The Morgan fingerprint density at radius 1 is 1.21 bits per heavy atom. The van der Waals surface area contributed by atoms with E-state index in [1.165, 1.54) is 18.2 Å². The maximum Gasteiger partial charge on any atom is 0.255 e. The van der Waals surface area contributed by atoms with Crippen LogP contribution in [0, 0.1) is 5.82 Å². The number of amides is 1. The molecule has 0 aromatic heterocycles. The third-order valence-electron chi connectivity index (χ3n) is 2.52. The van der Waals surface area contributed by atoms with Gasteiger partial charge in [-0.1, -0.05) is 28.1 Å². The van der Waals surface area contributed by atoms with Crippen LogP contribution in [-0.2, 0) is 5.33 Å². The van der Waals surface area contributed by atoms with Gasteiger partial charge in [0.2, 0.25) is 0 Å². The Morgan fingerprint density at radius 3 is 2.68 bits per heavy atom. The van der Waals surface area contributed by atoms with Gasteiger partial charge in [-0.25, -0.2) is 4.39 Å². The van der Waals surface area contributed by atoms with Gasteiger partial charge in [-0.05, 0) is 51.8 Å². The van der Waals surface area contributed by atoms with Gasteiger partial charge in [-0.2, -0.15) is 0 Å². The molecule has 0 bridgehead atoms. The van der Waals surface area contributed by atoms with E-state index in [9.17, 15) is 9.18 Å². The summed E-state index contributed by atoms with van der Waals surface area (Å²) in [4.78, 5) is 12.0. The number of nitrogens with one attached hydrogen (secondary N) is 1. The molecule has 5 heteroatoms. The highest BCUT2D eigenvalue weighted by Crippen LogP contribution is 2.19. The normalized spacial score (nSPS) is 10.3. The lowest BCUT2D eigenvalue weighted by Crippen LogP contribution is -2.12. The summed E-state index contributed by atoms with van der Waals surface area (Å²) in [5.41, 5.74) is 2.18. The molecule has 0 radical (unpaired) electrons. The van der Waals surface area contributed by atoms with Crippen molar-refractivity contribution in [3.63, 3.8) is 0 Å². The molecule has 0 fully saturated rings. The maximum absolute atomic E-state index is 13.1. The molecular weight excluding hydrogens is 377 g/mol. The molecule has 1 N–H and O–H groups in total. The van der Waals surface area contributed by atoms with Gasteiger partial charge in [-0.15, -0.1) is 0 Å². The van der Waals surface area contributed by atoms with Crippen LogP contribution in [-0.4, -0.2) is 5.91 Å². The topological polar surface area (TPSA) is 29.1 Å². The minimum Gasteiger partial charge on any atom is -0.322 e. The van der Waals surface area contributed by atoms with Gasteiger partial charge >= 0.3 is 0 Å². The quantitative estimate of drug-likeness (QED) is 0.758. The van der Waals surface area contributed by atoms with Crippen molar-refractivity contribution < 1.29 is 9.18 Å². The second-order valence-corrected chi connectivity index (χ2v) is 5.33. The van der Waals surface area contributed by atoms with Crippen LogP contribution in [0.3, 0.4) is 0 Å². The third kappa shape index (κ3) is 3.64. The van der Waals surface area contributed by atoms with Crippen LogP contribution in [0.4, 0.5) is 10.1 Å². The van der Waals surface area contributed by atoms with Gasteiger partial charge in [0.1, 0.15) is 5.82 Å². The highest BCUT2D eigenvalue weighted by Gasteiger charge is 2.09. The molecular formula is C14H10Br2FNO. The molecule has 2 rings (SSSR count). The second-order valence-electron chi connectivity index (χ2n) is 3.92. The van der Waals surface area contributed by atoms with E-state index in [1.807, 2.05) is 24.3 Å². The number of halogens is 3. The highest BCUT2D eigenvalue weighted by atomic mass is 79.9. The largest absolute Gasteiger partial charge is 0.322 e. The molecule has 2 aromatic carbocycles. The number of alkyl halides is 1. The van der Waals surface area contributed by atoms with Crippen LogP contribution >= 0.6 is 31.9 Å². The Balaban J connectivity index is 2.18. The van der Waals surface area contributed by atoms with Gasteiger partial charge in [0.25, 0.3) is 5.91 Å². The van der Waals surface area contributed by atoms with Gasteiger partial charge in [0.05, 0.1) is 4.47 Å². The molecule has 0 aliphatic rings. The van der Waals surface area contributed by atoms with E-state index >= 15 is 0 Å². The zero-order chi connectivity index (χ0) is 13.8. The highest BCUT2D eigenvalue weighted by molar-refractivity contribution is 9.10. The standard InChI is InChI=1S/C14H10Br2FNO/c15-8-9-2-1-3-11(6-9)18-14(19)10-4-5-13(17)12(16)7-10/h1-7H,8H2,(H,18,19). The summed E-state index contributed by atoms with van der Waals surface area (Å²) < 4.78 is 13.4. The van der Waals surface area contributed by atoms with E-state index in [0.29, 0.717) is 11.3 Å². The second kappa shape index (κ2) is 6.30. The van der Waals surface area contributed by atoms with Crippen LogP contribution in [0.1, 0.15) is 15.9 Å². The first-order valence-electron chi connectivity index (χ1n) is 5.51. The predicted octanol–water partition coefficient (Wildman–Crippen LogP) is 4.74. The zero-order valence-corrected chi connectivity index (χ0v) is 13.0. The van der Waals surface area contributed by atoms with Crippen LogP contribution < -0.4 is 5.32 Å². The molecule has 0 aliphatic carbocycles. The number of anilines is 1. The number of hydrogen-bond acceptors (Lipinski definition) is 1. The minimum absolute atomic E-state index is 0.271. The molecule has 19 heavy (non-hydrogen) atoms. The molecule has 0 saturated carbocycles. The van der Waals surface area contributed by atoms with Crippen LogP contribution in [0.5, 0.6) is 0 Å². The summed E-state index contributed by atoms with van der Waals surface area (Å²) in [5, 5.41) is 3.50. The van der Waals surface area contributed by atoms with Gasteiger partial charge in [0.15, 0.2) is 0 Å². The van der Waals surface area contributed by atoms with Crippen LogP contribution in [0.2, 0.25) is 0 Å². The Bertz CT molecular complexity index is 616. The molecule has 0 unspecified atom stereocenters. The van der Waals surface area contributed by atoms with E-state index in [4.69, 9.17) is 0 Å². The third-order valence-corrected chi connectivity index (χ3v) is 3.78. The number of rotatable bonds is 3. The lowest BCUT2D eigenvalue weighted by molar-refractivity contribution is 0.102. The number of benzene rings is 2. The summed E-state index contributed by atoms with van der Waals surface area (Å²) in [6, 6.07) is 11.7. The first-order valence-corrected chi connectivity index (χ1v) is 7.43. The monoisotopic (exact) mass is 385 g/mol. The fourth-order valence-electron chi connectivity index (χ4n) is 1.57. The maximum atomic E-state index is 13.1. The van der Waals surface area contributed by atoms with Gasteiger partial charge in [-0.3, -0.25) is 4.79 Å².